The average molecular weight is 248 g/mol. The number of rotatable bonds is 1. The molecule has 2 unspecified atom stereocenters. The minimum absolute atomic E-state index is 0.229. The van der Waals surface area contributed by atoms with Gasteiger partial charge in [-0.2, -0.15) is 0 Å². The van der Waals surface area contributed by atoms with Gasteiger partial charge in [0.05, 0.1) is 18.8 Å². The quantitative estimate of drug-likeness (QED) is 0.830. The molecule has 1 aromatic rings. The molecule has 18 heavy (non-hydrogen) atoms. The fourth-order valence-electron chi connectivity index (χ4n) is 3.11. The summed E-state index contributed by atoms with van der Waals surface area (Å²) >= 11 is 0. The summed E-state index contributed by atoms with van der Waals surface area (Å²) in [5.74, 6) is 0.841. The zero-order chi connectivity index (χ0) is 12.6. The third-order valence-corrected chi connectivity index (χ3v) is 4.14. The van der Waals surface area contributed by atoms with Crippen molar-refractivity contribution in [3.05, 3.63) is 29.8 Å². The van der Waals surface area contributed by atoms with Crippen molar-refractivity contribution >= 4 is 0 Å². The normalized spacial score (nSPS) is 35.0. The molecule has 3 atom stereocenters. The Kier molecular flexibility index (Phi) is 3.04. The van der Waals surface area contributed by atoms with Crippen molar-refractivity contribution < 1.29 is 14.6 Å². The molecule has 2 aliphatic heterocycles. The summed E-state index contributed by atoms with van der Waals surface area (Å²) in [7, 11) is 0. The highest BCUT2D eigenvalue weighted by molar-refractivity contribution is 5.38. The van der Waals surface area contributed by atoms with E-state index in [2.05, 4.69) is 6.92 Å². The number of aliphatic hydroxyl groups is 1. The van der Waals surface area contributed by atoms with E-state index in [1.54, 1.807) is 0 Å². The van der Waals surface area contributed by atoms with Crippen LogP contribution in [0.15, 0.2) is 24.3 Å². The molecule has 3 heteroatoms. The molecule has 1 saturated heterocycles. The molecular formula is C15H20O3. The largest absolute Gasteiger partial charge is 0.487 e. The van der Waals surface area contributed by atoms with Crippen molar-refractivity contribution in [2.45, 2.75) is 50.4 Å². The number of hydrogen-bond acceptors (Lipinski definition) is 3. The molecule has 0 amide bonds. The van der Waals surface area contributed by atoms with Crippen LogP contribution in [-0.4, -0.2) is 23.4 Å². The van der Waals surface area contributed by atoms with Gasteiger partial charge in [0.25, 0.3) is 0 Å². The first kappa shape index (κ1) is 12.0. The van der Waals surface area contributed by atoms with Crippen LogP contribution in [0.2, 0.25) is 0 Å². The molecule has 2 heterocycles. The van der Waals surface area contributed by atoms with Crippen LogP contribution in [0.1, 0.15) is 44.3 Å². The summed E-state index contributed by atoms with van der Waals surface area (Å²) in [4.78, 5) is 0. The van der Waals surface area contributed by atoms with E-state index in [0.29, 0.717) is 6.42 Å². The van der Waals surface area contributed by atoms with E-state index in [0.717, 1.165) is 37.2 Å². The van der Waals surface area contributed by atoms with Crippen molar-refractivity contribution in [3.8, 4) is 5.75 Å². The third-order valence-electron chi connectivity index (χ3n) is 4.14. The number of aliphatic hydroxyl groups excluding tert-OH is 1. The Labute approximate surface area is 108 Å². The van der Waals surface area contributed by atoms with Crippen LogP contribution in [0.5, 0.6) is 5.75 Å². The van der Waals surface area contributed by atoms with E-state index < -0.39 is 6.10 Å². The molecule has 0 aliphatic carbocycles. The van der Waals surface area contributed by atoms with Gasteiger partial charge >= 0.3 is 0 Å². The maximum absolute atomic E-state index is 10.3. The van der Waals surface area contributed by atoms with E-state index in [1.165, 1.54) is 0 Å². The molecule has 3 rings (SSSR count). The molecule has 98 valence electrons. The minimum atomic E-state index is -0.412. The zero-order valence-electron chi connectivity index (χ0n) is 10.8. The molecule has 1 fully saturated rings. The number of fused-ring (bicyclic) bond motifs is 1. The smallest absolute Gasteiger partial charge is 0.125 e. The lowest BCUT2D eigenvalue weighted by molar-refractivity contribution is -0.116. The van der Waals surface area contributed by atoms with Gasteiger partial charge in [0.1, 0.15) is 11.4 Å². The maximum Gasteiger partial charge on any atom is 0.125 e. The van der Waals surface area contributed by atoms with Crippen LogP contribution in [0.3, 0.4) is 0 Å². The van der Waals surface area contributed by atoms with Crippen molar-refractivity contribution in [2.75, 3.05) is 6.61 Å². The second-order valence-electron chi connectivity index (χ2n) is 5.40. The SMILES string of the molecule is CCC1CC2(CCO1)C[C@@H](O)c1ccccc1O2. The van der Waals surface area contributed by atoms with Crippen molar-refractivity contribution in [3.63, 3.8) is 0 Å². The molecule has 0 aromatic heterocycles. The van der Waals surface area contributed by atoms with E-state index in [4.69, 9.17) is 9.47 Å². The summed E-state index contributed by atoms with van der Waals surface area (Å²) in [6, 6.07) is 7.81. The van der Waals surface area contributed by atoms with Crippen LogP contribution in [0.4, 0.5) is 0 Å². The summed E-state index contributed by atoms with van der Waals surface area (Å²) in [5, 5.41) is 10.3. The Morgan fingerprint density at radius 1 is 1.33 bits per heavy atom. The van der Waals surface area contributed by atoms with Gasteiger partial charge in [-0.3, -0.25) is 0 Å². The number of hydrogen-bond donors (Lipinski definition) is 1. The van der Waals surface area contributed by atoms with E-state index in [1.807, 2.05) is 24.3 Å². The van der Waals surface area contributed by atoms with Crippen LogP contribution >= 0.6 is 0 Å². The van der Waals surface area contributed by atoms with Gasteiger partial charge in [-0.15, -0.1) is 0 Å². The van der Waals surface area contributed by atoms with Crippen LogP contribution in [0, 0.1) is 0 Å². The van der Waals surface area contributed by atoms with Gasteiger partial charge in [-0.25, -0.2) is 0 Å². The number of benzene rings is 1. The van der Waals surface area contributed by atoms with E-state index in [-0.39, 0.29) is 11.7 Å². The first-order valence-corrected chi connectivity index (χ1v) is 6.80. The van der Waals surface area contributed by atoms with Gasteiger partial charge in [0.2, 0.25) is 0 Å². The highest BCUT2D eigenvalue weighted by Gasteiger charge is 2.44. The molecule has 0 bridgehead atoms. The monoisotopic (exact) mass is 248 g/mol. The van der Waals surface area contributed by atoms with Crippen molar-refractivity contribution in [2.24, 2.45) is 0 Å². The van der Waals surface area contributed by atoms with Gasteiger partial charge in [0.15, 0.2) is 0 Å². The topological polar surface area (TPSA) is 38.7 Å². The Bertz CT molecular complexity index is 432. The third kappa shape index (κ3) is 2.02. The number of ether oxygens (including phenoxy) is 2. The highest BCUT2D eigenvalue weighted by Crippen LogP contribution is 2.45. The van der Waals surface area contributed by atoms with Crippen LogP contribution in [0.25, 0.3) is 0 Å². The Morgan fingerprint density at radius 3 is 3.00 bits per heavy atom. The maximum atomic E-state index is 10.3. The van der Waals surface area contributed by atoms with Gasteiger partial charge in [-0.1, -0.05) is 25.1 Å². The lowest BCUT2D eigenvalue weighted by atomic mass is 9.80. The molecule has 0 saturated carbocycles. The minimum Gasteiger partial charge on any atom is -0.487 e. The number of para-hydroxylation sites is 1. The second kappa shape index (κ2) is 4.56. The summed E-state index contributed by atoms with van der Waals surface area (Å²) in [5.41, 5.74) is 0.690. The Balaban J connectivity index is 1.88. The lowest BCUT2D eigenvalue weighted by Gasteiger charge is -2.45. The summed E-state index contributed by atoms with van der Waals surface area (Å²) in [6.07, 6.45) is 3.29. The predicted octanol–water partition coefficient (Wildman–Crippen LogP) is 2.83. The first-order chi connectivity index (χ1) is 8.72. The lowest BCUT2D eigenvalue weighted by Crippen LogP contribution is -2.48. The second-order valence-corrected chi connectivity index (χ2v) is 5.40. The standard InChI is InChI=1S/C15H20O3/c1-2-11-9-15(7-8-17-11)10-13(16)12-5-3-4-6-14(12)18-15/h3-6,11,13,16H,2,7-10H2,1H3/t11?,13-,15?/m1/s1. The first-order valence-electron chi connectivity index (χ1n) is 6.80. The van der Waals surface area contributed by atoms with Gasteiger partial charge in [0, 0.05) is 24.8 Å². The van der Waals surface area contributed by atoms with E-state index >= 15 is 0 Å². The molecular weight excluding hydrogens is 228 g/mol. The van der Waals surface area contributed by atoms with Crippen LogP contribution < -0.4 is 4.74 Å². The molecule has 1 spiro atoms. The fraction of sp³-hybridized carbons (Fsp3) is 0.600. The van der Waals surface area contributed by atoms with Crippen LogP contribution in [-0.2, 0) is 4.74 Å². The van der Waals surface area contributed by atoms with Gasteiger partial charge < -0.3 is 14.6 Å². The van der Waals surface area contributed by atoms with Crippen molar-refractivity contribution in [1.82, 2.24) is 0 Å². The fourth-order valence-corrected chi connectivity index (χ4v) is 3.11. The highest BCUT2D eigenvalue weighted by atomic mass is 16.5. The summed E-state index contributed by atoms with van der Waals surface area (Å²) in [6.45, 7) is 2.87. The molecule has 1 N–H and O–H groups in total. The molecule has 0 radical (unpaired) electrons. The summed E-state index contributed by atoms with van der Waals surface area (Å²) < 4.78 is 11.9. The molecule has 1 aromatic carbocycles. The molecule has 2 aliphatic rings. The zero-order valence-corrected chi connectivity index (χ0v) is 10.8. The Hall–Kier alpha value is -1.06. The Morgan fingerprint density at radius 2 is 2.17 bits per heavy atom. The van der Waals surface area contributed by atoms with Gasteiger partial charge in [-0.05, 0) is 12.5 Å². The van der Waals surface area contributed by atoms with E-state index in [9.17, 15) is 5.11 Å². The average Bonchev–Trinajstić information content (AvgIpc) is 2.38. The predicted molar refractivity (Wildman–Crippen MR) is 68.6 cm³/mol. The van der Waals surface area contributed by atoms with Crippen molar-refractivity contribution in [1.29, 1.82) is 0 Å². The molecule has 3 nitrogen and oxygen atoms in total.